The Kier molecular flexibility index (Phi) is 5.49. The molecule has 4 aromatic rings. The second-order valence-corrected chi connectivity index (χ2v) is 7.20. The molecule has 0 aliphatic rings. The van der Waals surface area contributed by atoms with Crippen LogP contribution in [0.2, 0.25) is 0 Å². The summed E-state index contributed by atoms with van der Waals surface area (Å²) < 4.78 is 54.2. The van der Waals surface area contributed by atoms with Crippen molar-refractivity contribution in [3.05, 3.63) is 83.8 Å². The van der Waals surface area contributed by atoms with E-state index < -0.39 is 17.7 Å². The van der Waals surface area contributed by atoms with E-state index >= 15 is 0 Å². The Morgan fingerprint density at radius 3 is 2.20 bits per heavy atom. The molecule has 0 saturated heterocycles. The number of rotatable bonds is 5. The molecule has 0 fully saturated rings. The number of alkyl halides is 3. The van der Waals surface area contributed by atoms with Gasteiger partial charge >= 0.3 is 6.18 Å². The molecule has 0 aliphatic heterocycles. The van der Waals surface area contributed by atoms with Gasteiger partial charge in [0.2, 0.25) is 0 Å². The van der Waals surface area contributed by atoms with E-state index in [4.69, 9.17) is 0 Å². The summed E-state index contributed by atoms with van der Waals surface area (Å²) in [7, 11) is 0. The first kappa shape index (κ1) is 20.0. The number of hydrogen-bond donors (Lipinski definition) is 0. The van der Waals surface area contributed by atoms with Crippen LogP contribution in [0.1, 0.15) is 11.3 Å². The smallest absolute Gasteiger partial charge is 0.297 e. The zero-order chi connectivity index (χ0) is 21.1. The Hall–Kier alpha value is -3.27. The zero-order valence-corrected chi connectivity index (χ0v) is 16.0. The minimum Gasteiger partial charge on any atom is -0.297 e. The molecule has 2 aromatic heterocycles. The molecule has 0 saturated carbocycles. The molecule has 30 heavy (non-hydrogen) atoms. The standard InChI is InChI=1S/C20H13F4N5S/c21-15-9-5-4-8-14(15)18-27-28-19(29(18)12-13-6-2-1-3-7-13)30-17-11-10-16(25-26-17)20(22,23)24/h1-11H,12H2. The van der Waals surface area contributed by atoms with Gasteiger partial charge in [0, 0.05) is 0 Å². The Bertz CT molecular complexity index is 1140. The van der Waals surface area contributed by atoms with Crippen LogP contribution >= 0.6 is 11.8 Å². The van der Waals surface area contributed by atoms with E-state index in [-0.39, 0.29) is 10.6 Å². The van der Waals surface area contributed by atoms with Gasteiger partial charge in [0.1, 0.15) is 10.8 Å². The number of halogens is 4. The van der Waals surface area contributed by atoms with Gasteiger partial charge in [-0.3, -0.25) is 4.57 Å². The molecule has 0 atom stereocenters. The maximum Gasteiger partial charge on any atom is 0.435 e. The van der Waals surface area contributed by atoms with E-state index in [0.29, 0.717) is 17.5 Å². The van der Waals surface area contributed by atoms with Gasteiger partial charge < -0.3 is 0 Å². The van der Waals surface area contributed by atoms with Crippen molar-refractivity contribution in [3.63, 3.8) is 0 Å². The maximum atomic E-state index is 14.4. The normalized spacial score (nSPS) is 11.6. The Morgan fingerprint density at radius 2 is 1.53 bits per heavy atom. The van der Waals surface area contributed by atoms with E-state index in [1.165, 1.54) is 12.1 Å². The van der Waals surface area contributed by atoms with Crippen LogP contribution in [0.5, 0.6) is 0 Å². The van der Waals surface area contributed by atoms with Crippen molar-refractivity contribution in [3.8, 4) is 11.4 Å². The van der Waals surface area contributed by atoms with E-state index in [1.807, 2.05) is 30.3 Å². The summed E-state index contributed by atoms with van der Waals surface area (Å²) in [4.78, 5) is 0. The van der Waals surface area contributed by atoms with Crippen LogP contribution in [0.15, 0.2) is 76.9 Å². The molecule has 0 unspecified atom stereocenters. The van der Waals surface area contributed by atoms with Gasteiger partial charge in [-0.15, -0.1) is 20.4 Å². The summed E-state index contributed by atoms with van der Waals surface area (Å²) in [5.41, 5.74) is 0.117. The molecule has 0 aliphatic carbocycles. The van der Waals surface area contributed by atoms with Crippen molar-refractivity contribution in [2.75, 3.05) is 0 Å². The first-order chi connectivity index (χ1) is 14.4. The molecular formula is C20H13F4N5S. The van der Waals surface area contributed by atoms with Gasteiger partial charge in [0.15, 0.2) is 16.7 Å². The van der Waals surface area contributed by atoms with Crippen LogP contribution in [0.25, 0.3) is 11.4 Å². The van der Waals surface area contributed by atoms with Crippen molar-refractivity contribution in [1.82, 2.24) is 25.0 Å². The lowest BCUT2D eigenvalue weighted by atomic mass is 10.2. The highest BCUT2D eigenvalue weighted by Gasteiger charge is 2.33. The van der Waals surface area contributed by atoms with Crippen LogP contribution in [-0.4, -0.2) is 25.0 Å². The van der Waals surface area contributed by atoms with Crippen molar-refractivity contribution < 1.29 is 17.6 Å². The molecule has 2 heterocycles. The number of benzene rings is 2. The fourth-order valence-corrected chi connectivity index (χ4v) is 3.48. The predicted octanol–water partition coefficient (Wildman–Crippen LogP) is 5.09. The van der Waals surface area contributed by atoms with Gasteiger partial charge in [0.05, 0.1) is 12.1 Å². The second-order valence-electron chi connectivity index (χ2n) is 6.21. The summed E-state index contributed by atoms with van der Waals surface area (Å²) in [6.45, 7) is 0.341. The summed E-state index contributed by atoms with van der Waals surface area (Å²) in [5, 5.41) is 15.7. The third kappa shape index (κ3) is 4.33. The minimum absolute atomic E-state index is 0.213. The molecule has 4 rings (SSSR count). The fraction of sp³-hybridized carbons (Fsp3) is 0.100. The van der Waals surface area contributed by atoms with E-state index in [2.05, 4.69) is 20.4 Å². The molecule has 0 bridgehead atoms. The monoisotopic (exact) mass is 431 g/mol. The van der Waals surface area contributed by atoms with Crippen molar-refractivity contribution in [2.45, 2.75) is 22.9 Å². The van der Waals surface area contributed by atoms with E-state index in [9.17, 15) is 17.6 Å². The molecule has 10 heteroatoms. The van der Waals surface area contributed by atoms with Gasteiger partial charge in [-0.05, 0) is 41.6 Å². The quantitative estimate of drug-likeness (QED) is 0.412. The second kappa shape index (κ2) is 8.23. The van der Waals surface area contributed by atoms with Crippen molar-refractivity contribution >= 4 is 11.8 Å². The molecule has 0 spiro atoms. The van der Waals surface area contributed by atoms with E-state index in [0.717, 1.165) is 23.4 Å². The lowest BCUT2D eigenvalue weighted by Crippen LogP contribution is -2.09. The third-order valence-electron chi connectivity index (χ3n) is 4.14. The van der Waals surface area contributed by atoms with E-state index in [1.54, 1.807) is 22.8 Å². The van der Waals surface area contributed by atoms with Crippen LogP contribution in [0.3, 0.4) is 0 Å². The molecular weight excluding hydrogens is 418 g/mol. The highest BCUT2D eigenvalue weighted by molar-refractivity contribution is 7.99. The van der Waals surface area contributed by atoms with Gasteiger partial charge in [0.25, 0.3) is 0 Å². The Morgan fingerprint density at radius 1 is 0.800 bits per heavy atom. The summed E-state index contributed by atoms with van der Waals surface area (Å²) in [5.74, 6) is -0.149. The molecule has 0 amide bonds. The fourth-order valence-electron chi connectivity index (χ4n) is 2.73. The first-order valence-electron chi connectivity index (χ1n) is 8.72. The SMILES string of the molecule is Fc1ccccc1-c1nnc(Sc2ccc(C(F)(F)F)nn2)n1Cc1ccccc1. The van der Waals surface area contributed by atoms with Crippen molar-refractivity contribution in [2.24, 2.45) is 0 Å². The van der Waals surface area contributed by atoms with Crippen LogP contribution in [-0.2, 0) is 12.7 Å². The van der Waals surface area contributed by atoms with Crippen LogP contribution in [0.4, 0.5) is 17.6 Å². The number of nitrogens with zero attached hydrogens (tertiary/aromatic N) is 5. The largest absolute Gasteiger partial charge is 0.435 e. The van der Waals surface area contributed by atoms with Gasteiger partial charge in [-0.2, -0.15) is 13.2 Å². The van der Waals surface area contributed by atoms with Gasteiger partial charge in [-0.25, -0.2) is 4.39 Å². The molecule has 152 valence electrons. The molecule has 2 aromatic carbocycles. The molecule has 5 nitrogen and oxygen atoms in total. The highest BCUT2D eigenvalue weighted by atomic mass is 32.2. The number of hydrogen-bond acceptors (Lipinski definition) is 5. The summed E-state index contributed by atoms with van der Waals surface area (Å²) >= 11 is 1.00. The minimum atomic E-state index is -4.57. The Balaban J connectivity index is 1.71. The van der Waals surface area contributed by atoms with Gasteiger partial charge in [-0.1, -0.05) is 42.5 Å². The average Bonchev–Trinajstić information content (AvgIpc) is 3.11. The van der Waals surface area contributed by atoms with Crippen LogP contribution < -0.4 is 0 Å². The molecule has 0 radical (unpaired) electrons. The summed E-state index contributed by atoms with van der Waals surface area (Å²) in [6, 6.07) is 17.7. The lowest BCUT2D eigenvalue weighted by molar-refractivity contribution is -0.141. The lowest BCUT2D eigenvalue weighted by Gasteiger charge is -2.11. The predicted molar refractivity (Wildman–Crippen MR) is 102 cm³/mol. The highest BCUT2D eigenvalue weighted by Crippen LogP contribution is 2.32. The average molecular weight is 431 g/mol. The van der Waals surface area contributed by atoms with Crippen LogP contribution in [0, 0.1) is 5.82 Å². The zero-order valence-electron chi connectivity index (χ0n) is 15.2. The number of aromatic nitrogens is 5. The maximum absolute atomic E-state index is 14.4. The van der Waals surface area contributed by atoms with Crippen molar-refractivity contribution in [1.29, 1.82) is 0 Å². The summed E-state index contributed by atoms with van der Waals surface area (Å²) in [6.07, 6.45) is -4.57. The first-order valence-corrected chi connectivity index (χ1v) is 9.54. The molecule has 0 N–H and O–H groups in total. The Labute approximate surface area is 172 Å². The topological polar surface area (TPSA) is 56.5 Å². The third-order valence-corrected chi connectivity index (χ3v) is 5.05.